The molecule has 16 heavy (non-hydrogen) atoms. The van der Waals surface area contributed by atoms with Crippen LogP contribution in [0, 0.1) is 0 Å². The first-order chi connectivity index (χ1) is 7.79. The molecule has 4 heteroatoms. The topological polar surface area (TPSA) is 18.5 Å². The number of benzene rings is 1. The largest absolute Gasteiger partial charge is 0.486 e. The summed E-state index contributed by atoms with van der Waals surface area (Å²) >= 11 is 9.54. The van der Waals surface area contributed by atoms with Crippen LogP contribution in [0.2, 0.25) is 5.02 Å². The second-order valence-electron chi connectivity index (χ2n) is 3.86. The molecule has 1 aliphatic rings. The monoisotopic (exact) mass is 304 g/mol. The molecule has 1 fully saturated rings. The first-order valence-corrected chi connectivity index (χ1v) is 6.88. The van der Waals surface area contributed by atoms with E-state index in [1.165, 1.54) is 0 Å². The first kappa shape index (κ1) is 12.2. The highest BCUT2D eigenvalue weighted by molar-refractivity contribution is 9.08. The van der Waals surface area contributed by atoms with Crippen LogP contribution in [0.1, 0.15) is 18.4 Å². The van der Waals surface area contributed by atoms with Gasteiger partial charge in [-0.25, -0.2) is 0 Å². The predicted molar refractivity (Wildman–Crippen MR) is 68.6 cm³/mol. The summed E-state index contributed by atoms with van der Waals surface area (Å²) in [6, 6.07) is 5.86. The second kappa shape index (κ2) is 5.89. The van der Waals surface area contributed by atoms with Crippen molar-refractivity contribution in [1.82, 2.24) is 0 Å². The van der Waals surface area contributed by atoms with E-state index in [-0.39, 0.29) is 6.10 Å². The summed E-state index contributed by atoms with van der Waals surface area (Å²) < 4.78 is 11.2. The van der Waals surface area contributed by atoms with Gasteiger partial charge in [-0.2, -0.15) is 0 Å². The van der Waals surface area contributed by atoms with Gasteiger partial charge in [0, 0.05) is 11.9 Å². The van der Waals surface area contributed by atoms with Crippen LogP contribution in [0.25, 0.3) is 0 Å². The van der Waals surface area contributed by atoms with E-state index in [2.05, 4.69) is 15.9 Å². The highest BCUT2D eigenvalue weighted by atomic mass is 79.9. The SMILES string of the molecule is Clc1cc(CBr)ccc1OC1CCCOC1. The Morgan fingerprint density at radius 2 is 2.38 bits per heavy atom. The fourth-order valence-electron chi connectivity index (χ4n) is 1.71. The maximum atomic E-state index is 6.14. The average molecular weight is 306 g/mol. The third kappa shape index (κ3) is 3.12. The molecule has 1 aliphatic heterocycles. The second-order valence-corrected chi connectivity index (χ2v) is 4.82. The molecular weight excluding hydrogens is 291 g/mol. The molecule has 0 aliphatic carbocycles. The molecule has 2 rings (SSSR count). The van der Waals surface area contributed by atoms with Gasteiger partial charge in [0.1, 0.15) is 11.9 Å². The fraction of sp³-hybridized carbons (Fsp3) is 0.500. The van der Waals surface area contributed by atoms with E-state index in [0.29, 0.717) is 11.6 Å². The van der Waals surface area contributed by atoms with E-state index in [4.69, 9.17) is 21.1 Å². The summed E-state index contributed by atoms with van der Waals surface area (Å²) in [6.45, 7) is 1.51. The molecular formula is C12H14BrClO2. The summed E-state index contributed by atoms with van der Waals surface area (Å²) in [5.41, 5.74) is 1.15. The average Bonchev–Trinajstić information content (AvgIpc) is 2.33. The molecule has 1 aromatic rings. The number of rotatable bonds is 3. The standard InChI is InChI=1S/C12H14BrClO2/c13-7-9-3-4-12(11(14)6-9)16-10-2-1-5-15-8-10/h3-4,6,10H,1-2,5,7-8H2. The third-order valence-electron chi connectivity index (χ3n) is 2.56. The van der Waals surface area contributed by atoms with Crippen LogP contribution in [-0.2, 0) is 10.1 Å². The van der Waals surface area contributed by atoms with Gasteiger partial charge in [-0.3, -0.25) is 0 Å². The summed E-state index contributed by atoms with van der Waals surface area (Å²) in [6.07, 6.45) is 2.24. The maximum absolute atomic E-state index is 6.14. The molecule has 0 bridgehead atoms. The predicted octanol–water partition coefficient (Wildman–Crippen LogP) is 3.79. The lowest BCUT2D eigenvalue weighted by molar-refractivity contribution is 0.00747. The zero-order valence-electron chi connectivity index (χ0n) is 8.92. The molecule has 1 aromatic carbocycles. The van der Waals surface area contributed by atoms with Crippen molar-refractivity contribution in [2.24, 2.45) is 0 Å². The Morgan fingerprint density at radius 3 is 3.00 bits per heavy atom. The van der Waals surface area contributed by atoms with E-state index in [9.17, 15) is 0 Å². The van der Waals surface area contributed by atoms with Gasteiger partial charge < -0.3 is 9.47 Å². The van der Waals surface area contributed by atoms with Crippen molar-refractivity contribution in [2.45, 2.75) is 24.3 Å². The molecule has 88 valence electrons. The summed E-state index contributed by atoms with van der Waals surface area (Å²) in [7, 11) is 0. The summed E-state index contributed by atoms with van der Waals surface area (Å²) in [5.74, 6) is 0.752. The number of hydrogen-bond acceptors (Lipinski definition) is 2. The number of halogens is 2. The van der Waals surface area contributed by atoms with Crippen LogP contribution < -0.4 is 4.74 Å². The van der Waals surface area contributed by atoms with Crippen LogP contribution in [0.5, 0.6) is 5.75 Å². The van der Waals surface area contributed by atoms with Crippen molar-refractivity contribution >= 4 is 27.5 Å². The normalized spacial score (nSPS) is 20.8. The molecule has 0 aromatic heterocycles. The third-order valence-corrected chi connectivity index (χ3v) is 3.51. The molecule has 0 saturated carbocycles. The summed E-state index contributed by atoms with van der Waals surface area (Å²) in [5, 5.41) is 1.47. The van der Waals surface area contributed by atoms with Crippen molar-refractivity contribution in [3.63, 3.8) is 0 Å². The van der Waals surface area contributed by atoms with Crippen molar-refractivity contribution in [3.05, 3.63) is 28.8 Å². The molecule has 1 atom stereocenters. The molecule has 2 nitrogen and oxygen atoms in total. The van der Waals surface area contributed by atoms with Gasteiger partial charge in [0.05, 0.1) is 11.6 Å². The molecule has 0 amide bonds. The summed E-state index contributed by atoms with van der Waals surface area (Å²) in [4.78, 5) is 0. The van der Waals surface area contributed by atoms with Crippen LogP contribution in [-0.4, -0.2) is 19.3 Å². The van der Waals surface area contributed by atoms with Crippen LogP contribution in [0.15, 0.2) is 18.2 Å². The molecule has 0 N–H and O–H groups in total. The van der Waals surface area contributed by atoms with E-state index < -0.39 is 0 Å². The fourth-order valence-corrected chi connectivity index (χ4v) is 2.30. The van der Waals surface area contributed by atoms with Crippen molar-refractivity contribution in [3.8, 4) is 5.75 Å². The number of hydrogen-bond donors (Lipinski definition) is 0. The lowest BCUT2D eigenvalue weighted by Crippen LogP contribution is -2.28. The minimum atomic E-state index is 0.140. The molecule has 0 radical (unpaired) electrons. The minimum absolute atomic E-state index is 0.140. The van der Waals surface area contributed by atoms with Crippen molar-refractivity contribution in [1.29, 1.82) is 0 Å². The Balaban J connectivity index is 2.03. The van der Waals surface area contributed by atoms with Gasteiger partial charge in [0.15, 0.2) is 0 Å². The van der Waals surface area contributed by atoms with E-state index >= 15 is 0 Å². The Kier molecular flexibility index (Phi) is 4.50. The maximum Gasteiger partial charge on any atom is 0.138 e. The Morgan fingerprint density at radius 1 is 1.50 bits per heavy atom. The molecule has 1 unspecified atom stereocenters. The number of ether oxygens (including phenoxy) is 2. The minimum Gasteiger partial charge on any atom is -0.486 e. The highest BCUT2D eigenvalue weighted by Gasteiger charge is 2.16. The van der Waals surface area contributed by atoms with E-state index in [1.54, 1.807) is 0 Å². The van der Waals surface area contributed by atoms with Gasteiger partial charge in [-0.15, -0.1) is 0 Å². The molecule has 1 heterocycles. The van der Waals surface area contributed by atoms with Crippen LogP contribution in [0.4, 0.5) is 0 Å². The Hall–Kier alpha value is -0.250. The van der Waals surface area contributed by atoms with E-state index in [0.717, 1.165) is 36.1 Å². The smallest absolute Gasteiger partial charge is 0.138 e. The van der Waals surface area contributed by atoms with Gasteiger partial charge >= 0.3 is 0 Å². The highest BCUT2D eigenvalue weighted by Crippen LogP contribution is 2.28. The Labute approximate surface area is 109 Å². The van der Waals surface area contributed by atoms with Gasteiger partial charge in [-0.05, 0) is 30.5 Å². The Bertz CT molecular complexity index is 351. The number of alkyl halides is 1. The van der Waals surface area contributed by atoms with Gasteiger partial charge in [0.25, 0.3) is 0 Å². The van der Waals surface area contributed by atoms with E-state index in [1.807, 2.05) is 18.2 Å². The van der Waals surface area contributed by atoms with Crippen LogP contribution >= 0.6 is 27.5 Å². The van der Waals surface area contributed by atoms with Gasteiger partial charge in [-0.1, -0.05) is 33.6 Å². The zero-order chi connectivity index (χ0) is 11.4. The molecule has 0 spiro atoms. The zero-order valence-corrected chi connectivity index (χ0v) is 11.3. The van der Waals surface area contributed by atoms with Crippen molar-refractivity contribution < 1.29 is 9.47 Å². The van der Waals surface area contributed by atoms with Gasteiger partial charge in [0.2, 0.25) is 0 Å². The van der Waals surface area contributed by atoms with Crippen molar-refractivity contribution in [2.75, 3.05) is 13.2 Å². The molecule has 1 saturated heterocycles. The quantitative estimate of drug-likeness (QED) is 0.791. The lowest BCUT2D eigenvalue weighted by atomic mass is 10.1. The lowest BCUT2D eigenvalue weighted by Gasteiger charge is -2.23. The first-order valence-electron chi connectivity index (χ1n) is 5.38. The van der Waals surface area contributed by atoms with Crippen LogP contribution in [0.3, 0.4) is 0 Å².